The zero-order valence-electron chi connectivity index (χ0n) is 42.9. The molecule has 0 aliphatic carbocycles. The van der Waals surface area contributed by atoms with Gasteiger partial charge in [-0.15, -0.1) is 0 Å². The Bertz CT molecular complexity index is 4610. The number of nitrogens with zero attached hydrogens (tertiary/aromatic N) is 2. The maximum absolute atomic E-state index is 2.77. The third kappa shape index (κ3) is 5.84. The van der Waals surface area contributed by atoms with E-state index in [-0.39, 0.29) is 6.85 Å². The van der Waals surface area contributed by atoms with E-state index in [1.807, 2.05) is 0 Å². The van der Waals surface area contributed by atoms with Gasteiger partial charge in [0.15, 0.2) is 0 Å². The molecule has 0 amide bonds. The van der Waals surface area contributed by atoms with E-state index in [4.69, 9.17) is 0 Å². The fourth-order valence-electron chi connectivity index (χ4n) is 13.9. The molecule has 0 saturated carbocycles. The molecule has 0 N–H and O–H groups in total. The summed E-state index contributed by atoms with van der Waals surface area (Å²) in [6.45, 7) is 15.9. The lowest BCUT2D eigenvalue weighted by Gasteiger charge is -2.36. The van der Waals surface area contributed by atoms with E-state index >= 15 is 0 Å². The Balaban J connectivity index is 1.19. The molecular weight excluding hydrogens is 892 g/mol. The lowest BCUT2D eigenvalue weighted by molar-refractivity contribution is 1.17. The highest BCUT2D eigenvalue weighted by Gasteiger charge is 2.44. The summed E-state index contributed by atoms with van der Waals surface area (Å²) in [4.78, 5) is 0. The third-order valence-corrected chi connectivity index (χ3v) is 17.3. The van der Waals surface area contributed by atoms with Crippen molar-refractivity contribution in [3.8, 4) is 72.4 Å². The number of aromatic nitrogens is 2. The van der Waals surface area contributed by atoms with Gasteiger partial charge in [0.25, 0.3) is 0 Å². The van der Waals surface area contributed by atoms with E-state index in [1.54, 1.807) is 0 Å². The highest BCUT2D eigenvalue weighted by molar-refractivity contribution is 6.90. The molecule has 0 spiro atoms. The Morgan fingerprint density at radius 3 is 1.51 bits per heavy atom. The minimum atomic E-state index is -0.128. The van der Waals surface area contributed by atoms with Crippen LogP contribution in [0.5, 0.6) is 0 Å². The smallest absolute Gasteiger partial charge is 0.333 e. The standard InChI is InChI=1S/C71H53BN2/c1-40-19-8-12-25-50(40)47-31-32-63-58(33-47)59-34-48(51-26-13-9-20-41(51)2)35-60-67-46(7)56(66-44(5)23-18-24-45(66)6)38-65-69(67)72(74(63)70(59)60)62-37-49(52-27-14-10-21-42(52)3)36-61-68-55-30-17-16-29-54(55)57(39-64(68)73(65)71(61)62)53-28-15-11-22-43(53)4/h8-39H,1-7H3. The zero-order valence-corrected chi connectivity index (χ0v) is 42.9. The SMILES string of the molecule is Cc1ccccc1-c1ccc2c(c1)c1cc(-c3ccccc3C)cc3c1n2B1c2c(cc(-c4c(C)cccc4C)c(C)c2-3)-n2c3cc(-c4ccccc4C)c4ccccc4c3c3cc(-c4ccccc4C)cc1c32. The fourth-order valence-corrected chi connectivity index (χ4v) is 13.9. The van der Waals surface area contributed by atoms with Crippen LogP contribution >= 0.6 is 0 Å². The van der Waals surface area contributed by atoms with Crippen molar-refractivity contribution in [2.75, 3.05) is 0 Å². The van der Waals surface area contributed by atoms with Crippen LogP contribution in [-0.2, 0) is 0 Å². The number of hydrogen-bond donors (Lipinski definition) is 0. The molecule has 74 heavy (non-hydrogen) atoms. The molecule has 2 aliphatic rings. The summed E-state index contributed by atoms with van der Waals surface area (Å²) >= 11 is 0. The normalized spacial score (nSPS) is 12.5. The quantitative estimate of drug-likeness (QED) is 0.152. The number of aryl methyl sites for hydroxylation is 6. The zero-order chi connectivity index (χ0) is 49.8. The summed E-state index contributed by atoms with van der Waals surface area (Å²) in [5, 5.41) is 7.72. The van der Waals surface area contributed by atoms with Crippen molar-refractivity contribution in [2.24, 2.45) is 0 Å². The van der Waals surface area contributed by atoms with Crippen LogP contribution in [0.1, 0.15) is 38.9 Å². The second-order valence-electron chi connectivity index (χ2n) is 21.5. The van der Waals surface area contributed by atoms with Crippen molar-refractivity contribution in [2.45, 2.75) is 48.5 Å². The van der Waals surface area contributed by atoms with Crippen molar-refractivity contribution >= 4 is 72.2 Å². The van der Waals surface area contributed by atoms with Gasteiger partial charge >= 0.3 is 6.85 Å². The van der Waals surface area contributed by atoms with E-state index in [0.717, 1.165) is 0 Å². The van der Waals surface area contributed by atoms with Crippen molar-refractivity contribution in [1.82, 2.24) is 9.05 Å². The predicted octanol–water partition coefficient (Wildman–Crippen LogP) is 17.5. The summed E-state index contributed by atoms with van der Waals surface area (Å²) in [5.41, 5.74) is 33.4. The predicted molar refractivity (Wildman–Crippen MR) is 317 cm³/mol. The van der Waals surface area contributed by atoms with Crippen LogP contribution in [0.15, 0.2) is 194 Å². The maximum atomic E-state index is 2.77. The molecule has 0 atom stereocenters. The number of hydrogen-bond acceptors (Lipinski definition) is 0. The van der Waals surface area contributed by atoms with Crippen molar-refractivity contribution < 1.29 is 0 Å². The average Bonchev–Trinajstić information content (AvgIpc) is 4.13. The molecular formula is C71H53BN2. The monoisotopic (exact) mass is 944 g/mol. The minimum absolute atomic E-state index is 0.128. The van der Waals surface area contributed by atoms with Crippen LogP contribution < -0.4 is 10.9 Å². The molecule has 0 bridgehead atoms. The molecule has 350 valence electrons. The second-order valence-corrected chi connectivity index (χ2v) is 21.5. The second kappa shape index (κ2) is 15.7. The summed E-state index contributed by atoms with van der Waals surface area (Å²) < 4.78 is 5.47. The molecule has 4 heterocycles. The first-order chi connectivity index (χ1) is 36.1. The van der Waals surface area contributed by atoms with Gasteiger partial charge in [0.2, 0.25) is 0 Å². The van der Waals surface area contributed by atoms with E-state index < -0.39 is 0 Å². The number of fused-ring (bicyclic) bond motifs is 12. The molecule has 2 nitrogen and oxygen atoms in total. The van der Waals surface area contributed by atoms with Crippen LogP contribution in [0.3, 0.4) is 0 Å². The first-order valence-corrected chi connectivity index (χ1v) is 26.3. The highest BCUT2D eigenvalue weighted by atomic mass is 15.0. The lowest BCUT2D eigenvalue weighted by Crippen LogP contribution is -2.55. The Morgan fingerprint density at radius 2 is 0.865 bits per heavy atom. The van der Waals surface area contributed by atoms with E-state index in [1.165, 1.54) is 177 Å². The third-order valence-electron chi connectivity index (χ3n) is 17.3. The van der Waals surface area contributed by atoms with Gasteiger partial charge in [-0.2, -0.15) is 0 Å². The summed E-state index contributed by atoms with van der Waals surface area (Å²) in [6.07, 6.45) is 0. The van der Waals surface area contributed by atoms with Gasteiger partial charge in [-0.25, -0.2) is 0 Å². The molecule has 2 aliphatic heterocycles. The molecule has 0 unspecified atom stereocenters. The number of benzene rings is 11. The van der Waals surface area contributed by atoms with E-state index in [9.17, 15) is 0 Å². The minimum Gasteiger partial charge on any atom is -0.375 e. The van der Waals surface area contributed by atoms with Crippen LogP contribution in [-0.4, -0.2) is 15.9 Å². The summed E-state index contributed by atoms with van der Waals surface area (Å²) in [6, 6.07) is 74.2. The molecule has 11 aromatic carbocycles. The van der Waals surface area contributed by atoms with Gasteiger partial charge in [-0.3, -0.25) is 0 Å². The largest absolute Gasteiger partial charge is 0.375 e. The van der Waals surface area contributed by atoms with Gasteiger partial charge in [-0.1, -0.05) is 152 Å². The lowest BCUT2D eigenvalue weighted by atomic mass is 9.45. The molecule has 15 rings (SSSR count). The van der Waals surface area contributed by atoms with Crippen LogP contribution in [0, 0.1) is 48.5 Å². The fraction of sp³-hybridized carbons (Fsp3) is 0.0986. The van der Waals surface area contributed by atoms with Crippen LogP contribution in [0.25, 0.3) is 127 Å². The topological polar surface area (TPSA) is 9.86 Å². The van der Waals surface area contributed by atoms with Crippen LogP contribution in [0.2, 0.25) is 0 Å². The Kier molecular flexibility index (Phi) is 9.10. The molecule has 2 aromatic heterocycles. The average molecular weight is 945 g/mol. The Labute approximate surface area is 432 Å². The van der Waals surface area contributed by atoms with E-state index in [2.05, 4.69) is 252 Å². The first kappa shape index (κ1) is 43.0. The van der Waals surface area contributed by atoms with Gasteiger partial charge in [0.05, 0.1) is 11.0 Å². The van der Waals surface area contributed by atoms with Crippen molar-refractivity contribution in [3.05, 3.63) is 233 Å². The Hall–Kier alpha value is -8.66. The molecule has 13 aromatic rings. The maximum Gasteiger partial charge on any atom is 0.333 e. The molecule has 3 heteroatoms. The Morgan fingerprint density at radius 1 is 0.324 bits per heavy atom. The van der Waals surface area contributed by atoms with Gasteiger partial charge in [-0.05, 0) is 213 Å². The first-order valence-electron chi connectivity index (χ1n) is 26.3. The van der Waals surface area contributed by atoms with Crippen LogP contribution in [0.4, 0.5) is 0 Å². The van der Waals surface area contributed by atoms with Crippen molar-refractivity contribution in [3.63, 3.8) is 0 Å². The molecule has 0 radical (unpaired) electrons. The summed E-state index contributed by atoms with van der Waals surface area (Å²) in [7, 11) is 0. The number of rotatable bonds is 5. The summed E-state index contributed by atoms with van der Waals surface area (Å²) in [5.74, 6) is 0. The van der Waals surface area contributed by atoms with Gasteiger partial charge in [0, 0.05) is 43.8 Å². The van der Waals surface area contributed by atoms with Crippen molar-refractivity contribution in [1.29, 1.82) is 0 Å². The van der Waals surface area contributed by atoms with Gasteiger partial charge in [0.1, 0.15) is 0 Å². The van der Waals surface area contributed by atoms with Gasteiger partial charge < -0.3 is 9.05 Å². The van der Waals surface area contributed by atoms with E-state index in [0.29, 0.717) is 0 Å². The molecule has 0 fully saturated rings. The molecule has 0 saturated heterocycles. The highest BCUT2D eigenvalue weighted by Crippen LogP contribution is 2.51.